The second kappa shape index (κ2) is 23.0. The van der Waals surface area contributed by atoms with Gasteiger partial charge in [-0.15, -0.1) is 37.2 Å². The SMILES string of the molecule is Cl.Cl.Cl.NCCCNCCCON. The van der Waals surface area contributed by atoms with Crippen molar-refractivity contribution in [1.29, 1.82) is 0 Å². The average Bonchev–Trinajstić information content (AvgIpc) is 1.97. The van der Waals surface area contributed by atoms with Crippen molar-refractivity contribution in [2.75, 3.05) is 26.2 Å². The van der Waals surface area contributed by atoms with E-state index in [0.717, 1.165) is 32.5 Å². The quantitative estimate of drug-likeness (QED) is 0.457. The van der Waals surface area contributed by atoms with E-state index in [4.69, 9.17) is 11.6 Å². The van der Waals surface area contributed by atoms with E-state index in [0.29, 0.717) is 6.61 Å². The Labute approximate surface area is 98.3 Å². The summed E-state index contributed by atoms with van der Waals surface area (Å²) in [6.07, 6.45) is 1.99. The molecule has 0 unspecified atom stereocenters. The molecule has 0 bridgehead atoms. The Morgan fingerprint density at radius 2 is 1.54 bits per heavy atom. The van der Waals surface area contributed by atoms with E-state index in [1.54, 1.807) is 0 Å². The van der Waals surface area contributed by atoms with Crippen LogP contribution in [0.4, 0.5) is 0 Å². The lowest BCUT2D eigenvalue weighted by Gasteiger charge is -2.01. The second-order valence-corrected chi connectivity index (χ2v) is 2.12. The Hall–Kier alpha value is 0.710. The highest BCUT2D eigenvalue weighted by Gasteiger charge is 1.85. The van der Waals surface area contributed by atoms with Gasteiger partial charge < -0.3 is 15.9 Å². The van der Waals surface area contributed by atoms with Crippen molar-refractivity contribution in [2.24, 2.45) is 11.6 Å². The maximum atomic E-state index is 5.28. The van der Waals surface area contributed by atoms with E-state index in [1.165, 1.54) is 0 Å². The average molecular weight is 257 g/mol. The number of nitrogens with one attached hydrogen (secondary N) is 1. The molecule has 5 N–H and O–H groups in total. The van der Waals surface area contributed by atoms with Crippen molar-refractivity contribution >= 4 is 37.2 Å². The van der Waals surface area contributed by atoms with Crippen LogP contribution in [0.1, 0.15) is 12.8 Å². The maximum absolute atomic E-state index is 5.28. The zero-order chi connectivity index (χ0) is 7.66. The number of halogens is 3. The van der Waals surface area contributed by atoms with Crippen molar-refractivity contribution in [3.05, 3.63) is 0 Å². The van der Waals surface area contributed by atoms with E-state index in [9.17, 15) is 0 Å². The Bertz CT molecular complexity index is 63.1. The molecule has 0 amide bonds. The van der Waals surface area contributed by atoms with Gasteiger partial charge >= 0.3 is 0 Å². The summed E-state index contributed by atoms with van der Waals surface area (Å²) >= 11 is 0. The molecule has 0 radical (unpaired) electrons. The van der Waals surface area contributed by atoms with Crippen molar-refractivity contribution < 1.29 is 4.84 Å². The van der Waals surface area contributed by atoms with Crippen LogP contribution in [0.25, 0.3) is 0 Å². The van der Waals surface area contributed by atoms with Crippen LogP contribution in [-0.2, 0) is 4.84 Å². The summed E-state index contributed by atoms with van der Waals surface area (Å²) in [6.45, 7) is 3.31. The van der Waals surface area contributed by atoms with Crippen molar-refractivity contribution in [3.8, 4) is 0 Å². The Balaban J connectivity index is -0.000000135. The lowest BCUT2D eigenvalue weighted by molar-refractivity contribution is 0.135. The summed E-state index contributed by atoms with van der Waals surface area (Å²) in [6, 6.07) is 0. The van der Waals surface area contributed by atoms with Gasteiger partial charge in [0, 0.05) is 0 Å². The fraction of sp³-hybridized carbons (Fsp3) is 1.00. The Morgan fingerprint density at radius 1 is 1.00 bits per heavy atom. The summed E-state index contributed by atoms with van der Waals surface area (Å²) in [5, 5.41) is 3.21. The molecule has 0 spiro atoms. The fourth-order valence-corrected chi connectivity index (χ4v) is 0.633. The van der Waals surface area contributed by atoms with Crippen molar-refractivity contribution in [2.45, 2.75) is 12.8 Å². The molecule has 7 heteroatoms. The first-order chi connectivity index (χ1) is 4.91. The van der Waals surface area contributed by atoms with Gasteiger partial charge in [-0.1, -0.05) is 0 Å². The van der Waals surface area contributed by atoms with Gasteiger partial charge in [-0.3, -0.25) is 0 Å². The highest BCUT2D eigenvalue weighted by atomic mass is 35.5. The topological polar surface area (TPSA) is 73.3 Å². The molecule has 0 heterocycles. The molecule has 86 valence electrons. The van der Waals surface area contributed by atoms with Crippen LogP contribution in [0.3, 0.4) is 0 Å². The molecule has 0 saturated heterocycles. The Morgan fingerprint density at radius 3 is 2.00 bits per heavy atom. The third kappa shape index (κ3) is 24.5. The van der Waals surface area contributed by atoms with Gasteiger partial charge in [0.15, 0.2) is 0 Å². The van der Waals surface area contributed by atoms with Gasteiger partial charge in [-0.25, -0.2) is 5.90 Å². The molecule has 0 aliphatic carbocycles. The zero-order valence-electron chi connectivity index (χ0n) is 7.53. The number of hydrogen-bond donors (Lipinski definition) is 3. The molecule has 0 aromatic carbocycles. The molecule has 0 saturated carbocycles. The Kier molecular flexibility index (Phi) is 41.5. The highest BCUT2D eigenvalue weighted by Crippen LogP contribution is 1.75. The minimum absolute atomic E-state index is 0. The molecule has 0 rings (SSSR count). The zero-order valence-corrected chi connectivity index (χ0v) is 9.98. The fourth-order valence-electron chi connectivity index (χ4n) is 0.633. The van der Waals surface area contributed by atoms with E-state index >= 15 is 0 Å². The van der Waals surface area contributed by atoms with Crippen LogP contribution in [0.15, 0.2) is 0 Å². The lowest BCUT2D eigenvalue weighted by atomic mass is 10.4. The monoisotopic (exact) mass is 255 g/mol. The predicted octanol–water partition coefficient (Wildman–Crippen LogP) is 0.471. The van der Waals surface area contributed by atoms with E-state index < -0.39 is 0 Å². The van der Waals surface area contributed by atoms with Gasteiger partial charge in [-0.2, -0.15) is 0 Å². The molecule has 0 atom stereocenters. The van der Waals surface area contributed by atoms with Gasteiger partial charge in [0.25, 0.3) is 0 Å². The number of rotatable bonds is 7. The first-order valence-electron chi connectivity index (χ1n) is 3.64. The summed E-state index contributed by atoms with van der Waals surface area (Å²) in [5.41, 5.74) is 5.28. The molecule has 0 fully saturated rings. The summed E-state index contributed by atoms with van der Waals surface area (Å²) < 4.78 is 0. The van der Waals surface area contributed by atoms with Crippen LogP contribution in [-0.4, -0.2) is 26.2 Å². The van der Waals surface area contributed by atoms with Crippen molar-refractivity contribution in [1.82, 2.24) is 5.32 Å². The van der Waals surface area contributed by atoms with Gasteiger partial charge in [0.1, 0.15) is 0 Å². The third-order valence-electron chi connectivity index (χ3n) is 1.17. The van der Waals surface area contributed by atoms with E-state index in [2.05, 4.69) is 10.2 Å². The summed E-state index contributed by atoms with van der Waals surface area (Å²) in [4.78, 5) is 4.38. The largest absolute Gasteiger partial charge is 0.330 e. The van der Waals surface area contributed by atoms with Crippen LogP contribution in [0.2, 0.25) is 0 Å². The minimum Gasteiger partial charge on any atom is -0.330 e. The number of hydrogen-bond acceptors (Lipinski definition) is 4. The van der Waals surface area contributed by atoms with Gasteiger partial charge in [-0.05, 0) is 32.5 Å². The highest BCUT2D eigenvalue weighted by molar-refractivity contribution is 5.86. The molecule has 4 nitrogen and oxygen atoms in total. The molecular weight excluding hydrogens is 236 g/mol. The standard InChI is InChI=1S/C6H17N3O.3ClH/c7-3-1-4-9-5-2-6-10-8;;;/h9H,1-8H2;3*1H. The molecule has 0 aromatic heterocycles. The minimum atomic E-state index is 0. The van der Waals surface area contributed by atoms with Gasteiger partial charge in [0.05, 0.1) is 6.61 Å². The maximum Gasteiger partial charge on any atom is 0.0691 e. The van der Waals surface area contributed by atoms with E-state index in [-0.39, 0.29) is 37.2 Å². The lowest BCUT2D eigenvalue weighted by Crippen LogP contribution is -2.20. The molecular formula is C6H20Cl3N3O. The van der Waals surface area contributed by atoms with Crippen LogP contribution in [0.5, 0.6) is 0 Å². The first-order valence-corrected chi connectivity index (χ1v) is 3.64. The molecule has 0 aliphatic heterocycles. The summed E-state index contributed by atoms with van der Waals surface area (Å²) in [7, 11) is 0. The third-order valence-corrected chi connectivity index (χ3v) is 1.17. The number of nitrogens with two attached hydrogens (primary N) is 2. The normalized spacial score (nSPS) is 7.85. The molecule has 0 aromatic rings. The molecule has 0 aliphatic rings. The van der Waals surface area contributed by atoms with Crippen LogP contribution >= 0.6 is 37.2 Å². The van der Waals surface area contributed by atoms with Crippen LogP contribution in [0, 0.1) is 0 Å². The predicted molar refractivity (Wildman–Crippen MR) is 63.0 cm³/mol. The van der Waals surface area contributed by atoms with Crippen LogP contribution < -0.4 is 16.9 Å². The second-order valence-electron chi connectivity index (χ2n) is 2.12. The first kappa shape index (κ1) is 23.5. The van der Waals surface area contributed by atoms with E-state index in [1.807, 2.05) is 0 Å². The summed E-state index contributed by atoms with van der Waals surface area (Å²) in [5.74, 6) is 4.82. The van der Waals surface area contributed by atoms with Gasteiger partial charge in [0.2, 0.25) is 0 Å². The smallest absolute Gasteiger partial charge is 0.0691 e. The van der Waals surface area contributed by atoms with Crippen molar-refractivity contribution in [3.63, 3.8) is 0 Å². The molecule has 13 heavy (non-hydrogen) atoms.